The second kappa shape index (κ2) is 10.7. The lowest BCUT2D eigenvalue weighted by molar-refractivity contribution is 0.0954. The van der Waals surface area contributed by atoms with Gasteiger partial charge in [-0.3, -0.25) is 14.9 Å². The van der Waals surface area contributed by atoms with Crippen molar-refractivity contribution < 1.29 is 14.3 Å². The van der Waals surface area contributed by atoms with Gasteiger partial charge in [0.05, 0.1) is 30.8 Å². The maximum atomic E-state index is 13.2. The zero-order valence-corrected chi connectivity index (χ0v) is 21.8. The Hall–Kier alpha value is -4.70. The number of fused-ring (bicyclic) bond motifs is 1. The van der Waals surface area contributed by atoms with Crippen LogP contribution < -0.4 is 15.4 Å². The fourth-order valence-electron chi connectivity index (χ4n) is 4.12. The molecular formula is C28H24N6O3S. The summed E-state index contributed by atoms with van der Waals surface area (Å²) >= 11 is 1.28. The van der Waals surface area contributed by atoms with E-state index in [1.165, 1.54) is 17.5 Å². The number of nitrogens with one attached hydrogen (secondary N) is 2. The molecule has 190 valence electrons. The van der Waals surface area contributed by atoms with E-state index >= 15 is 0 Å². The largest absolute Gasteiger partial charge is 0.496 e. The van der Waals surface area contributed by atoms with Crippen molar-refractivity contribution in [2.24, 2.45) is 0 Å². The van der Waals surface area contributed by atoms with Gasteiger partial charge >= 0.3 is 0 Å². The second-order valence-electron chi connectivity index (χ2n) is 8.40. The van der Waals surface area contributed by atoms with E-state index in [0.717, 1.165) is 22.4 Å². The Kier molecular flexibility index (Phi) is 7.05. The molecule has 2 aromatic carbocycles. The summed E-state index contributed by atoms with van der Waals surface area (Å²) in [7, 11) is 1.58. The Morgan fingerprint density at radius 2 is 1.74 bits per heavy atom. The number of aryl methyl sites for hydroxylation is 1. The molecule has 0 saturated heterocycles. The number of anilines is 1. The summed E-state index contributed by atoms with van der Waals surface area (Å²) in [6, 6.07) is 16.7. The third-order valence-corrected chi connectivity index (χ3v) is 6.83. The molecule has 0 fully saturated rings. The first-order valence-electron chi connectivity index (χ1n) is 11.9. The van der Waals surface area contributed by atoms with Crippen molar-refractivity contribution in [1.29, 1.82) is 0 Å². The van der Waals surface area contributed by atoms with E-state index in [9.17, 15) is 9.59 Å². The van der Waals surface area contributed by atoms with Gasteiger partial charge in [-0.05, 0) is 49.7 Å². The monoisotopic (exact) mass is 524 g/mol. The van der Waals surface area contributed by atoms with Crippen molar-refractivity contribution in [3.8, 4) is 28.1 Å². The number of amides is 2. The van der Waals surface area contributed by atoms with Gasteiger partial charge in [-0.1, -0.05) is 35.6 Å². The molecular weight excluding hydrogens is 500 g/mol. The highest BCUT2D eigenvalue weighted by Crippen LogP contribution is 2.33. The third-order valence-electron chi connectivity index (χ3n) is 5.95. The molecule has 0 radical (unpaired) electrons. The Morgan fingerprint density at radius 1 is 0.921 bits per heavy atom. The molecule has 0 atom stereocenters. The van der Waals surface area contributed by atoms with Crippen molar-refractivity contribution in [2.75, 3.05) is 19.0 Å². The first-order valence-corrected chi connectivity index (χ1v) is 12.7. The van der Waals surface area contributed by atoms with Gasteiger partial charge in [-0.25, -0.2) is 9.97 Å². The van der Waals surface area contributed by atoms with Crippen LogP contribution in [0.25, 0.3) is 32.7 Å². The minimum Gasteiger partial charge on any atom is -0.496 e. The van der Waals surface area contributed by atoms with Gasteiger partial charge in [0.2, 0.25) is 0 Å². The highest BCUT2D eigenvalue weighted by atomic mass is 32.1. The molecule has 38 heavy (non-hydrogen) atoms. The number of aromatic nitrogens is 4. The average Bonchev–Trinajstić information content (AvgIpc) is 3.34. The van der Waals surface area contributed by atoms with Crippen LogP contribution >= 0.6 is 11.3 Å². The fraction of sp³-hybridized carbons (Fsp3) is 0.143. The zero-order chi connectivity index (χ0) is 26.6. The lowest BCUT2D eigenvalue weighted by Gasteiger charge is -2.11. The van der Waals surface area contributed by atoms with E-state index in [1.54, 1.807) is 19.4 Å². The molecule has 0 aliphatic carbocycles. The van der Waals surface area contributed by atoms with Crippen molar-refractivity contribution >= 4 is 38.6 Å². The molecule has 9 nitrogen and oxygen atoms in total. The number of pyridine rings is 1. The summed E-state index contributed by atoms with van der Waals surface area (Å²) in [5.74, 6) is 0.157. The van der Waals surface area contributed by atoms with Gasteiger partial charge in [-0.2, -0.15) is 10.2 Å². The predicted octanol–water partition coefficient (Wildman–Crippen LogP) is 5.13. The van der Waals surface area contributed by atoms with Crippen LogP contribution in [-0.4, -0.2) is 45.6 Å². The minimum atomic E-state index is -0.364. The summed E-state index contributed by atoms with van der Waals surface area (Å²) in [5.41, 5.74) is 5.58. The molecule has 0 aliphatic heterocycles. The van der Waals surface area contributed by atoms with Crippen LogP contribution in [0.2, 0.25) is 0 Å². The number of nitrogens with zero attached hydrogens (tertiary/aromatic N) is 4. The molecule has 5 rings (SSSR count). The van der Waals surface area contributed by atoms with Gasteiger partial charge in [0.1, 0.15) is 16.1 Å². The van der Waals surface area contributed by atoms with Crippen LogP contribution in [0, 0.1) is 6.92 Å². The highest BCUT2D eigenvalue weighted by Gasteiger charge is 2.19. The van der Waals surface area contributed by atoms with Crippen LogP contribution in [0.5, 0.6) is 5.75 Å². The third kappa shape index (κ3) is 4.94. The summed E-state index contributed by atoms with van der Waals surface area (Å²) in [4.78, 5) is 35.4. The van der Waals surface area contributed by atoms with Crippen LogP contribution in [0.3, 0.4) is 0 Å². The summed E-state index contributed by atoms with van der Waals surface area (Å²) in [6.45, 7) is 4.41. The quantitative estimate of drug-likeness (QED) is 0.303. The van der Waals surface area contributed by atoms with Crippen molar-refractivity contribution in [3.05, 3.63) is 83.7 Å². The Bertz CT molecular complexity index is 1670. The number of carbonyl (C=O) groups is 2. The van der Waals surface area contributed by atoms with Gasteiger partial charge in [0, 0.05) is 28.8 Å². The van der Waals surface area contributed by atoms with Crippen LogP contribution in [0.4, 0.5) is 5.13 Å². The van der Waals surface area contributed by atoms with E-state index < -0.39 is 0 Å². The van der Waals surface area contributed by atoms with Gasteiger partial charge in [0.25, 0.3) is 11.8 Å². The molecule has 0 unspecified atom stereocenters. The van der Waals surface area contributed by atoms with E-state index in [1.807, 2.05) is 62.4 Å². The molecule has 3 heterocycles. The normalized spacial score (nSPS) is 10.8. The van der Waals surface area contributed by atoms with E-state index in [2.05, 4.69) is 25.8 Å². The Labute approximate surface area is 222 Å². The summed E-state index contributed by atoms with van der Waals surface area (Å²) in [6.07, 6.45) is 2.96. The first kappa shape index (κ1) is 25.0. The number of para-hydroxylation sites is 1. The number of rotatable bonds is 7. The lowest BCUT2D eigenvalue weighted by atomic mass is 10.0. The van der Waals surface area contributed by atoms with Gasteiger partial charge in [0.15, 0.2) is 5.13 Å². The number of benzene rings is 2. The van der Waals surface area contributed by atoms with Gasteiger partial charge < -0.3 is 10.1 Å². The molecule has 10 heteroatoms. The minimum absolute atomic E-state index is 0.105. The smallest absolute Gasteiger partial charge is 0.259 e. The molecule has 0 aliphatic rings. The number of hydrogen-bond donors (Lipinski definition) is 2. The van der Waals surface area contributed by atoms with Crippen molar-refractivity contribution in [1.82, 2.24) is 25.5 Å². The predicted molar refractivity (Wildman–Crippen MR) is 148 cm³/mol. The highest BCUT2D eigenvalue weighted by molar-refractivity contribution is 7.22. The number of thiazole rings is 1. The first-order chi connectivity index (χ1) is 18.5. The Balaban J connectivity index is 1.42. The lowest BCUT2D eigenvalue weighted by Crippen LogP contribution is -2.22. The van der Waals surface area contributed by atoms with E-state index in [4.69, 9.17) is 9.72 Å². The fourth-order valence-corrected chi connectivity index (χ4v) is 4.96. The molecule has 0 spiro atoms. The summed E-state index contributed by atoms with van der Waals surface area (Å²) in [5, 5.41) is 14.0. The standard InChI is InChI=1S/C28H24N6O3S/c1-4-29-25(35)17-9-10-18(16(2)13-17)22-11-12-23-27(32-22)38-28(33-23)34-26(36)21-15-31-30-14-20(21)19-7-5-6-8-24(19)37-3/h5-15H,4H2,1-3H3,(H,29,35)(H,33,34,36). The van der Waals surface area contributed by atoms with Crippen molar-refractivity contribution in [2.45, 2.75) is 13.8 Å². The molecule has 3 aromatic heterocycles. The maximum absolute atomic E-state index is 13.2. The molecule has 5 aromatic rings. The van der Waals surface area contributed by atoms with Gasteiger partial charge in [-0.15, -0.1) is 0 Å². The topological polar surface area (TPSA) is 119 Å². The molecule has 2 N–H and O–H groups in total. The van der Waals surface area contributed by atoms with Crippen LogP contribution in [0.15, 0.2) is 67.0 Å². The SMILES string of the molecule is CCNC(=O)c1ccc(-c2ccc3nc(NC(=O)c4cnncc4-c4ccccc4OC)sc3n2)c(C)c1. The second-order valence-corrected chi connectivity index (χ2v) is 9.38. The summed E-state index contributed by atoms with van der Waals surface area (Å²) < 4.78 is 5.46. The number of methoxy groups -OCH3 is 1. The number of hydrogen-bond acceptors (Lipinski definition) is 8. The molecule has 0 saturated carbocycles. The average molecular weight is 525 g/mol. The van der Waals surface area contributed by atoms with E-state index in [-0.39, 0.29) is 11.8 Å². The Morgan fingerprint density at radius 3 is 2.53 bits per heavy atom. The molecule has 2 amide bonds. The number of ether oxygens (including phenoxy) is 1. The van der Waals surface area contributed by atoms with Crippen LogP contribution in [0.1, 0.15) is 33.2 Å². The zero-order valence-electron chi connectivity index (χ0n) is 21.0. The maximum Gasteiger partial charge on any atom is 0.259 e. The van der Waals surface area contributed by atoms with Crippen LogP contribution in [-0.2, 0) is 0 Å². The van der Waals surface area contributed by atoms with E-state index in [0.29, 0.717) is 44.5 Å². The number of carbonyl (C=O) groups excluding carboxylic acids is 2. The van der Waals surface area contributed by atoms with Crippen molar-refractivity contribution in [3.63, 3.8) is 0 Å². The molecule has 0 bridgehead atoms.